The van der Waals surface area contributed by atoms with Gasteiger partial charge in [0.15, 0.2) is 0 Å². The lowest BCUT2D eigenvalue weighted by molar-refractivity contribution is -0.136. The van der Waals surface area contributed by atoms with Crippen molar-refractivity contribution in [3.8, 4) is 0 Å². The fraction of sp³-hybridized carbons (Fsp3) is 0.500. The zero-order valence-corrected chi connectivity index (χ0v) is 12.1. The zero-order valence-electron chi connectivity index (χ0n) is 11.3. The third-order valence-electron chi connectivity index (χ3n) is 2.69. The van der Waals surface area contributed by atoms with Crippen molar-refractivity contribution in [2.24, 2.45) is 0 Å². The summed E-state index contributed by atoms with van der Waals surface area (Å²) in [5.74, 6) is -0.233. The first-order chi connectivity index (χ1) is 8.71. The molecule has 0 aliphatic carbocycles. The molecule has 1 rings (SSSR count). The number of rotatable bonds is 7. The van der Waals surface area contributed by atoms with Gasteiger partial charge in [-0.3, -0.25) is 0 Å². The van der Waals surface area contributed by atoms with Gasteiger partial charge in [-0.15, -0.1) is 11.3 Å². The molecule has 0 fully saturated rings. The van der Waals surface area contributed by atoms with E-state index in [4.69, 9.17) is 4.74 Å². The minimum Gasteiger partial charge on any atom is -0.466 e. The first-order valence-electron chi connectivity index (χ1n) is 6.26. The highest BCUT2D eigenvalue weighted by Gasteiger charge is 2.05. The number of ether oxygens (including phenoxy) is 1. The van der Waals surface area contributed by atoms with E-state index in [2.05, 4.69) is 24.4 Å². The number of carbonyl (C=O) groups is 1. The van der Waals surface area contributed by atoms with E-state index in [1.165, 1.54) is 16.9 Å². The van der Waals surface area contributed by atoms with Crippen molar-refractivity contribution >= 4 is 17.3 Å². The highest BCUT2D eigenvalue weighted by atomic mass is 32.1. The van der Waals surface area contributed by atoms with Crippen molar-refractivity contribution in [3.05, 3.63) is 33.5 Å². The second kappa shape index (κ2) is 8.06. The Morgan fingerprint density at radius 2 is 2.11 bits per heavy atom. The minimum absolute atomic E-state index is 0.233. The van der Waals surface area contributed by atoms with Crippen LogP contribution in [0.4, 0.5) is 0 Å². The molecule has 100 valence electrons. The van der Waals surface area contributed by atoms with Crippen LogP contribution in [-0.2, 0) is 22.5 Å². The van der Waals surface area contributed by atoms with Crippen LogP contribution in [-0.4, -0.2) is 19.6 Å². The van der Waals surface area contributed by atoms with Gasteiger partial charge in [0.05, 0.1) is 7.11 Å². The van der Waals surface area contributed by atoms with Crippen molar-refractivity contribution < 1.29 is 9.53 Å². The molecule has 0 bridgehead atoms. The van der Waals surface area contributed by atoms with Gasteiger partial charge in [-0.1, -0.05) is 19.9 Å². The number of carbonyl (C=O) groups excluding carboxylic acids is 1. The van der Waals surface area contributed by atoms with Crippen LogP contribution >= 0.6 is 11.3 Å². The molecule has 0 unspecified atom stereocenters. The number of hydrogen-bond donors (Lipinski definition) is 1. The van der Waals surface area contributed by atoms with Gasteiger partial charge < -0.3 is 10.1 Å². The summed E-state index contributed by atoms with van der Waals surface area (Å²) in [5, 5.41) is 3.31. The van der Waals surface area contributed by atoms with E-state index in [0.717, 1.165) is 18.5 Å². The molecule has 1 heterocycles. The van der Waals surface area contributed by atoms with Crippen molar-refractivity contribution in [1.29, 1.82) is 0 Å². The molecule has 0 radical (unpaired) electrons. The van der Waals surface area contributed by atoms with Gasteiger partial charge in [-0.05, 0) is 25.0 Å². The Balaban J connectivity index is 2.37. The summed E-state index contributed by atoms with van der Waals surface area (Å²) in [6.45, 7) is 5.65. The van der Waals surface area contributed by atoms with Crippen LogP contribution in [0.3, 0.4) is 0 Å². The van der Waals surface area contributed by atoms with Gasteiger partial charge in [0.25, 0.3) is 0 Å². The lowest BCUT2D eigenvalue weighted by Crippen LogP contribution is -2.14. The van der Waals surface area contributed by atoms with Crippen LogP contribution in [0, 0.1) is 0 Å². The normalized spacial score (nSPS) is 11.6. The molecule has 0 spiro atoms. The quantitative estimate of drug-likeness (QED) is 0.469. The van der Waals surface area contributed by atoms with Crippen LogP contribution in [0.2, 0.25) is 0 Å². The SMILES string of the molecule is CC/C(=C/CNCc1ccc(CC)s1)C(=O)OC. The monoisotopic (exact) mass is 267 g/mol. The molecule has 18 heavy (non-hydrogen) atoms. The Morgan fingerprint density at radius 1 is 1.39 bits per heavy atom. The van der Waals surface area contributed by atoms with Crippen LogP contribution < -0.4 is 5.32 Å². The van der Waals surface area contributed by atoms with Crippen LogP contribution in [0.15, 0.2) is 23.8 Å². The van der Waals surface area contributed by atoms with Gasteiger partial charge in [-0.2, -0.15) is 0 Å². The average Bonchev–Trinajstić information content (AvgIpc) is 2.86. The third kappa shape index (κ3) is 4.63. The molecule has 4 heteroatoms. The minimum atomic E-state index is -0.233. The van der Waals surface area contributed by atoms with Crippen LogP contribution in [0.1, 0.15) is 30.0 Å². The summed E-state index contributed by atoms with van der Waals surface area (Å²) in [4.78, 5) is 14.1. The highest BCUT2D eigenvalue weighted by Crippen LogP contribution is 2.16. The molecule has 0 aromatic carbocycles. The molecule has 0 aliphatic rings. The molecule has 0 saturated heterocycles. The molecular weight excluding hydrogens is 246 g/mol. The topological polar surface area (TPSA) is 38.3 Å². The van der Waals surface area contributed by atoms with E-state index in [1.54, 1.807) is 0 Å². The molecule has 1 aromatic heterocycles. The van der Waals surface area contributed by atoms with Gasteiger partial charge in [0, 0.05) is 28.4 Å². The lowest BCUT2D eigenvalue weighted by atomic mass is 10.2. The Labute approximate surface area is 113 Å². The zero-order chi connectivity index (χ0) is 13.4. The van der Waals surface area contributed by atoms with Crippen LogP contribution in [0.5, 0.6) is 0 Å². The van der Waals surface area contributed by atoms with E-state index in [-0.39, 0.29) is 5.97 Å². The second-order valence-electron chi connectivity index (χ2n) is 3.93. The first-order valence-corrected chi connectivity index (χ1v) is 7.08. The van der Waals surface area contributed by atoms with Crippen molar-refractivity contribution in [3.63, 3.8) is 0 Å². The summed E-state index contributed by atoms with van der Waals surface area (Å²) >= 11 is 1.83. The summed E-state index contributed by atoms with van der Waals surface area (Å²) < 4.78 is 4.70. The standard InChI is InChI=1S/C14H21NO2S/c1-4-11(14(16)17-3)8-9-15-10-13-7-6-12(5-2)18-13/h6-8,15H,4-5,9-10H2,1-3H3/b11-8-. The molecule has 1 N–H and O–H groups in total. The number of methoxy groups -OCH3 is 1. The van der Waals surface area contributed by atoms with E-state index < -0.39 is 0 Å². The van der Waals surface area contributed by atoms with E-state index in [1.807, 2.05) is 24.3 Å². The van der Waals surface area contributed by atoms with E-state index in [0.29, 0.717) is 13.0 Å². The fourth-order valence-corrected chi connectivity index (χ4v) is 2.53. The smallest absolute Gasteiger partial charge is 0.333 e. The van der Waals surface area contributed by atoms with Crippen LogP contribution in [0.25, 0.3) is 0 Å². The van der Waals surface area contributed by atoms with Gasteiger partial charge in [0.1, 0.15) is 0 Å². The van der Waals surface area contributed by atoms with Gasteiger partial charge in [0.2, 0.25) is 0 Å². The number of aryl methyl sites for hydroxylation is 1. The summed E-state index contributed by atoms with van der Waals surface area (Å²) in [7, 11) is 1.41. The number of hydrogen-bond acceptors (Lipinski definition) is 4. The number of nitrogens with one attached hydrogen (secondary N) is 1. The molecule has 0 aliphatic heterocycles. The predicted octanol–water partition coefficient (Wildman–Crippen LogP) is 2.91. The molecule has 0 saturated carbocycles. The molecule has 0 atom stereocenters. The van der Waals surface area contributed by atoms with Gasteiger partial charge in [-0.25, -0.2) is 4.79 Å². The summed E-state index contributed by atoms with van der Waals surface area (Å²) in [5.41, 5.74) is 0.727. The molecular formula is C14H21NO2S. The third-order valence-corrected chi connectivity index (χ3v) is 3.92. The average molecular weight is 267 g/mol. The van der Waals surface area contributed by atoms with E-state index >= 15 is 0 Å². The van der Waals surface area contributed by atoms with Crippen molar-refractivity contribution in [2.45, 2.75) is 33.2 Å². The second-order valence-corrected chi connectivity index (χ2v) is 5.18. The summed E-state index contributed by atoms with van der Waals surface area (Å²) in [6.07, 6.45) is 3.69. The highest BCUT2D eigenvalue weighted by molar-refractivity contribution is 7.11. The predicted molar refractivity (Wildman–Crippen MR) is 75.8 cm³/mol. The van der Waals surface area contributed by atoms with Crippen molar-refractivity contribution in [2.75, 3.05) is 13.7 Å². The maximum absolute atomic E-state index is 11.3. The fourth-order valence-electron chi connectivity index (χ4n) is 1.60. The largest absolute Gasteiger partial charge is 0.466 e. The number of esters is 1. The Hall–Kier alpha value is -1.13. The van der Waals surface area contributed by atoms with E-state index in [9.17, 15) is 4.79 Å². The maximum Gasteiger partial charge on any atom is 0.333 e. The Kier molecular flexibility index (Phi) is 6.68. The Morgan fingerprint density at radius 3 is 2.67 bits per heavy atom. The molecule has 0 amide bonds. The number of thiophene rings is 1. The summed E-state index contributed by atoms with van der Waals surface area (Å²) in [6, 6.07) is 4.32. The maximum atomic E-state index is 11.3. The van der Waals surface area contributed by atoms with Crippen molar-refractivity contribution in [1.82, 2.24) is 5.32 Å². The Bertz CT molecular complexity index is 410. The molecule has 3 nitrogen and oxygen atoms in total. The van der Waals surface area contributed by atoms with Gasteiger partial charge >= 0.3 is 5.97 Å². The lowest BCUT2D eigenvalue weighted by Gasteiger charge is -2.03. The first kappa shape index (κ1) is 14.9. The molecule has 1 aromatic rings.